The van der Waals surface area contributed by atoms with E-state index < -0.39 is 14.4 Å². The first-order chi connectivity index (χ1) is 12.2. The van der Waals surface area contributed by atoms with Crippen molar-refractivity contribution < 1.29 is 14.3 Å². The van der Waals surface area contributed by atoms with E-state index in [-0.39, 0.29) is 11.1 Å². The van der Waals surface area contributed by atoms with Crippen LogP contribution in [0.15, 0.2) is 30.3 Å². The number of likely N-dealkylation sites (tertiary alicyclic amines) is 1. The summed E-state index contributed by atoms with van der Waals surface area (Å²) in [6.07, 6.45) is 1.71. The van der Waals surface area contributed by atoms with Gasteiger partial charge in [0, 0.05) is 13.2 Å². The lowest BCUT2D eigenvalue weighted by atomic mass is 9.99. The quantitative estimate of drug-likeness (QED) is 0.687. The van der Waals surface area contributed by atoms with E-state index in [2.05, 4.69) is 50.9 Å². The summed E-state index contributed by atoms with van der Waals surface area (Å²) in [6.45, 7) is 13.2. The van der Waals surface area contributed by atoms with Gasteiger partial charge in [-0.1, -0.05) is 51.1 Å². The van der Waals surface area contributed by atoms with Gasteiger partial charge >= 0.3 is 0 Å². The van der Waals surface area contributed by atoms with E-state index in [1.54, 1.807) is 7.11 Å². The highest BCUT2D eigenvalue weighted by atomic mass is 28.4. The summed E-state index contributed by atoms with van der Waals surface area (Å²) >= 11 is 0. The second kappa shape index (κ2) is 8.98. The molecule has 1 heterocycles. The third-order valence-corrected chi connectivity index (χ3v) is 10.6. The zero-order valence-electron chi connectivity index (χ0n) is 17.4. The Morgan fingerprint density at radius 2 is 1.88 bits per heavy atom. The lowest BCUT2D eigenvalue weighted by Gasteiger charge is -2.40. The van der Waals surface area contributed by atoms with E-state index in [1.807, 2.05) is 18.2 Å². The number of nitrogens with zero attached hydrogens (tertiary/aromatic N) is 1. The number of rotatable bonds is 8. The first-order valence-corrected chi connectivity index (χ1v) is 12.7. The fourth-order valence-corrected chi connectivity index (χ4v) is 4.50. The Bertz CT molecular complexity index is 544. The van der Waals surface area contributed by atoms with E-state index in [4.69, 9.17) is 9.16 Å². The highest BCUT2D eigenvalue weighted by Gasteiger charge is 2.40. The normalized spacial score (nSPS) is 21.7. The van der Waals surface area contributed by atoms with E-state index in [0.717, 1.165) is 24.9 Å². The SMILES string of the molecule is COC[C@H]1CCCN1[C@H](c1ccccc1)[C@@H](O)CO[Si](C)(C)C(C)(C)C. The molecule has 5 heteroatoms. The van der Waals surface area contributed by atoms with Gasteiger partial charge in [-0.3, -0.25) is 4.90 Å². The molecule has 1 N–H and O–H groups in total. The Labute approximate surface area is 160 Å². The number of aliphatic hydroxyl groups excluding tert-OH is 1. The first kappa shape index (κ1) is 21.6. The molecule has 2 rings (SSSR count). The summed E-state index contributed by atoms with van der Waals surface area (Å²) in [5, 5.41) is 11.3. The number of benzene rings is 1. The monoisotopic (exact) mass is 379 g/mol. The second-order valence-corrected chi connectivity index (χ2v) is 13.8. The molecular weight excluding hydrogens is 342 g/mol. The van der Waals surface area contributed by atoms with E-state index in [0.29, 0.717) is 19.3 Å². The number of hydrogen-bond acceptors (Lipinski definition) is 4. The van der Waals surface area contributed by atoms with Crippen LogP contribution >= 0.6 is 0 Å². The molecule has 148 valence electrons. The average molecular weight is 380 g/mol. The fraction of sp³-hybridized carbons (Fsp3) is 0.714. The van der Waals surface area contributed by atoms with Gasteiger partial charge in [0.1, 0.15) is 0 Å². The molecule has 0 bridgehead atoms. The molecule has 26 heavy (non-hydrogen) atoms. The van der Waals surface area contributed by atoms with Gasteiger partial charge in [0.05, 0.1) is 25.4 Å². The maximum atomic E-state index is 11.2. The molecule has 3 atom stereocenters. The maximum Gasteiger partial charge on any atom is 0.192 e. The minimum atomic E-state index is -1.89. The van der Waals surface area contributed by atoms with Gasteiger partial charge in [-0.15, -0.1) is 0 Å². The Hall–Kier alpha value is -0.723. The summed E-state index contributed by atoms with van der Waals surface area (Å²) < 4.78 is 11.8. The standard InChI is InChI=1S/C21H37NO3Si/c1-21(2,3)26(5,6)25-16-19(23)20(17-11-8-7-9-12-17)22-14-10-13-18(22)15-24-4/h7-9,11-12,18-20,23H,10,13-16H2,1-6H3/t18-,19+,20-/m1/s1. The van der Waals surface area contributed by atoms with Crippen LogP contribution in [0.2, 0.25) is 18.1 Å². The number of hydrogen-bond donors (Lipinski definition) is 1. The van der Waals surface area contributed by atoms with Crippen molar-refractivity contribution in [1.29, 1.82) is 0 Å². The van der Waals surface area contributed by atoms with Gasteiger partial charge in [0.2, 0.25) is 0 Å². The van der Waals surface area contributed by atoms with Crippen LogP contribution in [0.25, 0.3) is 0 Å². The van der Waals surface area contributed by atoms with Crippen molar-refractivity contribution in [3.05, 3.63) is 35.9 Å². The molecular formula is C21H37NO3Si. The number of aliphatic hydroxyl groups is 1. The van der Waals surface area contributed by atoms with Crippen molar-refractivity contribution in [3.8, 4) is 0 Å². The molecule has 1 aliphatic rings. The molecule has 0 saturated carbocycles. The van der Waals surface area contributed by atoms with Crippen LogP contribution in [0.3, 0.4) is 0 Å². The molecule has 0 aliphatic carbocycles. The lowest BCUT2D eigenvalue weighted by molar-refractivity contribution is -0.00591. The lowest BCUT2D eigenvalue weighted by Crippen LogP contribution is -2.47. The minimum Gasteiger partial charge on any atom is -0.414 e. The highest BCUT2D eigenvalue weighted by molar-refractivity contribution is 6.74. The summed E-state index contributed by atoms with van der Waals surface area (Å²) in [6, 6.07) is 10.6. The van der Waals surface area contributed by atoms with Crippen LogP contribution in [-0.2, 0) is 9.16 Å². The Morgan fingerprint density at radius 3 is 2.46 bits per heavy atom. The van der Waals surface area contributed by atoms with Crippen LogP contribution in [-0.4, -0.2) is 57.3 Å². The molecule has 1 fully saturated rings. The molecule has 1 aliphatic heterocycles. The predicted molar refractivity (Wildman–Crippen MR) is 110 cm³/mol. The predicted octanol–water partition coefficient (Wildman–Crippen LogP) is 4.22. The summed E-state index contributed by atoms with van der Waals surface area (Å²) in [7, 11) is -0.134. The molecule has 0 spiro atoms. The molecule has 4 nitrogen and oxygen atoms in total. The number of ether oxygens (including phenoxy) is 1. The maximum absolute atomic E-state index is 11.2. The van der Waals surface area contributed by atoms with Gasteiger partial charge in [-0.05, 0) is 43.1 Å². The Morgan fingerprint density at radius 1 is 1.23 bits per heavy atom. The minimum absolute atomic E-state index is 0.0522. The van der Waals surface area contributed by atoms with Crippen molar-refractivity contribution in [2.75, 3.05) is 26.9 Å². The van der Waals surface area contributed by atoms with E-state index in [9.17, 15) is 5.11 Å². The third-order valence-electron chi connectivity index (χ3n) is 6.07. The average Bonchev–Trinajstić information content (AvgIpc) is 3.02. The van der Waals surface area contributed by atoms with Crippen molar-refractivity contribution in [2.24, 2.45) is 0 Å². The molecule has 0 radical (unpaired) electrons. The number of methoxy groups -OCH3 is 1. The molecule has 0 unspecified atom stereocenters. The first-order valence-electron chi connectivity index (χ1n) is 9.79. The smallest absolute Gasteiger partial charge is 0.192 e. The molecule has 1 saturated heterocycles. The van der Waals surface area contributed by atoms with Crippen LogP contribution in [0.1, 0.15) is 45.2 Å². The fourth-order valence-electron chi connectivity index (χ4n) is 3.48. The Balaban J connectivity index is 2.19. The topological polar surface area (TPSA) is 41.9 Å². The van der Waals surface area contributed by atoms with Crippen molar-refractivity contribution in [3.63, 3.8) is 0 Å². The zero-order chi connectivity index (χ0) is 19.4. The van der Waals surface area contributed by atoms with Gasteiger partial charge in [-0.2, -0.15) is 0 Å². The van der Waals surface area contributed by atoms with Crippen LogP contribution < -0.4 is 0 Å². The van der Waals surface area contributed by atoms with Crippen LogP contribution in [0.4, 0.5) is 0 Å². The molecule has 1 aromatic carbocycles. The summed E-state index contributed by atoms with van der Waals surface area (Å²) in [4.78, 5) is 2.42. The third kappa shape index (κ3) is 5.17. The molecule has 1 aromatic rings. The highest BCUT2D eigenvalue weighted by Crippen LogP contribution is 2.38. The summed E-state index contributed by atoms with van der Waals surface area (Å²) in [5.74, 6) is 0. The zero-order valence-corrected chi connectivity index (χ0v) is 18.4. The van der Waals surface area contributed by atoms with Gasteiger partial charge in [0.15, 0.2) is 8.32 Å². The van der Waals surface area contributed by atoms with Crippen LogP contribution in [0, 0.1) is 0 Å². The van der Waals surface area contributed by atoms with Gasteiger partial charge in [-0.25, -0.2) is 0 Å². The van der Waals surface area contributed by atoms with E-state index >= 15 is 0 Å². The van der Waals surface area contributed by atoms with Crippen molar-refractivity contribution >= 4 is 8.32 Å². The summed E-state index contributed by atoms with van der Waals surface area (Å²) in [5.41, 5.74) is 1.15. The van der Waals surface area contributed by atoms with Gasteiger partial charge < -0.3 is 14.3 Å². The largest absolute Gasteiger partial charge is 0.414 e. The Kier molecular flexibility index (Phi) is 7.45. The van der Waals surface area contributed by atoms with Crippen LogP contribution in [0.5, 0.6) is 0 Å². The molecule has 0 amide bonds. The van der Waals surface area contributed by atoms with Crippen molar-refractivity contribution in [2.45, 2.75) is 69.9 Å². The van der Waals surface area contributed by atoms with E-state index in [1.165, 1.54) is 0 Å². The van der Waals surface area contributed by atoms with Gasteiger partial charge in [0.25, 0.3) is 0 Å². The van der Waals surface area contributed by atoms with Crippen molar-refractivity contribution in [1.82, 2.24) is 4.90 Å². The molecule has 0 aromatic heterocycles. The second-order valence-electron chi connectivity index (χ2n) is 8.98.